The second-order valence-electron chi connectivity index (χ2n) is 18.2. The normalized spacial score (nSPS) is 32.2. The van der Waals surface area contributed by atoms with Gasteiger partial charge >= 0.3 is 30.0 Å². The van der Waals surface area contributed by atoms with Crippen molar-refractivity contribution in [2.45, 2.75) is 128 Å². The van der Waals surface area contributed by atoms with Gasteiger partial charge in [-0.15, -0.1) is 0 Å². The Balaban J connectivity index is 1.53. The number of hydrogen-bond acceptors (Lipinski definition) is 16. The number of amides is 1. The van der Waals surface area contributed by atoms with E-state index in [1.807, 2.05) is 0 Å². The zero-order valence-electron chi connectivity index (χ0n) is 36.0. The lowest BCUT2D eigenvalue weighted by Gasteiger charge is -2.67. The number of ketones is 1. The second kappa shape index (κ2) is 16.8. The summed E-state index contributed by atoms with van der Waals surface area (Å²) >= 11 is 0. The van der Waals surface area contributed by atoms with Gasteiger partial charge in [0.15, 0.2) is 11.4 Å². The van der Waals surface area contributed by atoms with E-state index in [1.165, 1.54) is 39.8 Å². The summed E-state index contributed by atoms with van der Waals surface area (Å²) in [5.74, 6) is -6.51. The van der Waals surface area contributed by atoms with Crippen LogP contribution in [0.15, 0.2) is 71.8 Å². The molecule has 3 aliphatic carbocycles. The van der Waals surface area contributed by atoms with Gasteiger partial charge in [0.1, 0.15) is 41.7 Å². The van der Waals surface area contributed by atoms with Gasteiger partial charge in [0.25, 0.3) is 0 Å². The molecule has 4 aliphatic rings. The van der Waals surface area contributed by atoms with Crippen LogP contribution in [0.2, 0.25) is 0 Å². The van der Waals surface area contributed by atoms with Crippen molar-refractivity contribution in [3.05, 3.63) is 82.9 Å². The Kier molecular flexibility index (Phi) is 12.6. The van der Waals surface area contributed by atoms with Crippen molar-refractivity contribution in [3.63, 3.8) is 0 Å². The number of ether oxygens (including phenoxy) is 6. The summed E-state index contributed by atoms with van der Waals surface area (Å²) < 4.78 is 35.4. The highest BCUT2D eigenvalue weighted by molar-refractivity contribution is 5.94. The Bertz CT molecular complexity index is 2120. The monoisotopic (exact) mass is 864 g/mol. The zero-order chi connectivity index (χ0) is 45.7. The van der Waals surface area contributed by atoms with Gasteiger partial charge in [-0.3, -0.25) is 14.4 Å². The first kappa shape index (κ1) is 46.3. The lowest BCUT2D eigenvalue weighted by atomic mass is 9.44. The first-order valence-corrected chi connectivity index (χ1v) is 20.5. The van der Waals surface area contributed by atoms with Gasteiger partial charge in [-0.1, -0.05) is 62.4 Å². The Morgan fingerprint density at radius 3 is 2.13 bits per heavy atom. The average molecular weight is 865 g/mol. The SMILES string of the molecule is CC(=O)O[C@@]12CO[C@@H]1C[C@H](O)[C@@]1(C)C(=O)C(O)C3=C(C)[C@@H](OC(=O)[C@H](OC(=O)CN)[C@@H](NC(=O)OC(C)(C)C)c4ccccc4)C[C@@](O)([C@@H](OC(=O)c4ccccc4)C12)C3(C)C. The predicted molar refractivity (Wildman–Crippen MR) is 217 cm³/mol. The number of nitrogens with two attached hydrogens (primary N) is 1. The minimum Gasteiger partial charge on any atom is -0.455 e. The summed E-state index contributed by atoms with van der Waals surface area (Å²) in [7, 11) is 0. The third-order valence-electron chi connectivity index (χ3n) is 13.0. The van der Waals surface area contributed by atoms with Crippen molar-refractivity contribution in [1.82, 2.24) is 5.32 Å². The van der Waals surface area contributed by atoms with Crippen LogP contribution in [-0.2, 0) is 47.6 Å². The van der Waals surface area contributed by atoms with E-state index in [0.717, 1.165) is 6.92 Å². The molecule has 6 rings (SSSR count). The fraction of sp³-hybridized carbons (Fsp3) is 0.556. The summed E-state index contributed by atoms with van der Waals surface area (Å²) in [5.41, 5.74) is -2.89. The first-order valence-electron chi connectivity index (χ1n) is 20.5. The Morgan fingerprint density at radius 1 is 0.968 bits per heavy atom. The van der Waals surface area contributed by atoms with E-state index in [0.29, 0.717) is 5.56 Å². The van der Waals surface area contributed by atoms with Crippen molar-refractivity contribution in [2.24, 2.45) is 22.5 Å². The predicted octanol–water partition coefficient (Wildman–Crippen LogP) is 2.77. The van der Waals surface area contributed by atoms with Crippen LogP contribution in [0.1, 0.15) is 90.2 Å². The summed E-state index contributed by atoms with van der Waals surface area (Å²) in [6.07, 6.45) is -11.7. The maximum Gasteiger partial charge on any atom is 0.408 e. The number of aliphatic hydroxyl groups excluding tert-OH is 2. The molecule has 336 valence electrons. The number of carbonyl (C=O) groups excluding carboxylic acids is 6. The number of benzene rings is 2. The van der Waals surface area contributed by atoms with E-state index in [9.17, 15) is 39.3 Å². The van der Waals surface area contributed by atoms with Gasteiger partial charge in [0, 0.05) is 25.2 Å². The number of fused-ring (bicyclic) bond motifs is 5. The molecule has 11 atom stereocenters. The van der Waals surface area contributed by atoms with Gasteiger partial charge in [0.05, 0.1) is 36.2 Å². The number of carbonyl (C=O) groups is 6. The Morgan fingerprint density at radius 2 is 1.58 bits per heavy atom. The molecule has 0 aromatic heterocycles. The summed E-state index contributed by atoms with van der Waals surface area (Å²) in [6.45, 7) is 11.0. The van der Waals surface area contributed by atoms with Gasteiger partial charge in [0.2, 0.25) is 6.10 Å². The van der Waals surface area contributed by atoms with Crippen LogP contribution in [0.3, 0.4) is 0 Å². The molecule has 2 saturated carbocycles. The topological polar surface area (TPSA) is 257 Å². The second-order valence-corrected chi connectivity index (χ2v) is 18.2. The molecule has 2 bridgehead atoms. The molecule has 1 heterocycles. The molecule has 17 heteroatoms. The molecule has 3 fully saturated rings. The Hall–Kier alpha value is -5.20. The summed E-state index contributed by atoms with van der Waals surface area (Å²) in [5, 5.41) is 40.4. The van der Waals surface area contributed by atoms with E-state index in [2.05, 4.69) is 5.32 Å². The fourth-order valence-electron chi connectivity index (χ4n) is 9.85. The quantitative estimate of drug-likeness (QED) is 0.131. The molecular formula is C45H56N2O15. The number of hydrogen-bond donors (Lipinski definition) is 5. The minimum absolute atomic E-state index is 0.0584. The van der Waals surface area contributed by atoms with E-state index in [4.69, 9.17) is 34.2 Å². The third kappa shape index (κ3) is 8.00. The highest BCUT2D eigenvalue weighted by atomic mass is 16.6. The van der Waals surface area contributed by atoms with E-state index < -0.39 is 125 Å². The first-order chi connectivity index (χ1) is 28.9. The molecule has 1 aliphatic heterocycles. The molecule has 1 saturated heterocycles. The van der Waals surface area contributed by atoms with E-state index >= 15 is 4.79 Å². The zero-order valence-corrected chi connectivity index (χ0v) is 36.0. The highest BCUT2D eigenvalue weighted by Gasteiger charge is 2.78. The maximum atomic E-state index is 15.1. The number of aliphatic hydroxyl groups is 3. The number of Topliss-reactive ketones (excluding diaryl/α,β-unsaturated/α-hetero) is 1. The highest BCUT2D eigenvalue weighted by Crippen LogP contribution is 2.64. The minimum atomic E-state index is -2.41. The van der Waals surface area contributed by atoms with E-state index in [1.54, 1.807) is 69.3 Å². The molecule has 2 unspecified atom stereocenters. The largest absolute Gasteiger partial charge is 0.455 e. The van der Waals surface area contributed by atoms with Crippen LogP contribution >= 0.6 is 0 Å². The van der Waals surface area contributed by atoms with Crippen molar-refractivity contribution in [2.75, 3.05) is 13.2 Å². The number of alkyl carbamates (subject to hydrolysis) is 1. The van der Waals surface area contributed by atoms with Gasteiger partial charge in [-0.05, 0) is 63.5 Å². The lowest BCUT2D eigenvalue weighted by molar-refractivity contribution is -0.346. The molecule has 0 radical (unpaired) electrons. The van der Waals surface area contributed by atoms with Gasteiger partial charge in [-0.2, -0.15) is 0 Å². The van der Waals surface area contributed by atoms with Crippen LogP contribution in [0.25, 0.3) is 0 Å². The molecule has 17 nitrogen and oxygen atoms in total. The fourth-order valence-corrected chi connectivity index (χ4v) is 9.85. The van der Waals surface area contributed by atoms with Crippen molar-refractivity contribution < 1.29 is 72.5 Å². The van der Waals surface area contributed by atoms with Crippen LogP contribution in [0.4, 0.5) is 4.79 Å². The third-order valence-corrected chi connectivity index (χ3v) is 13.0. The molecular weight excluding hydrogens is 808 g/mol. The van der Waals surface area contributed by atoms with Gasteiger partial charge in [-0.25, -0.2) is 14.4 Å². The molecule has 2 aromatic rings. The van der Waals surface area contributed by atoms with Crippen molar-refractivity contribution in [3.8, 4) is 0 Å². The number of esters is 4. The molecule has 62 heavy (non-hydrogen) atoms. The van der Waals surface area contributed by atoms with Crippen molar-refractivity contribution >= 4 is 35.8 Å². The van der Waals surface area contributed by atoms with E-state index in [-0.39, 0.29) is 29.7 Å². The molecule has 1 amide bonds. The smallest absolute Gasteiger partial charge is 0.408 e. The maximum absolute atomic E-state index is 15.1. The molecule has 6 N–H and O–H groups in total. The van der Waals surface area contributed by atoms with Crippen LogP contribution in [0.5, 0.6) is 0 Å². The van der Waals surface area contributed by atoms with Crippen LogP contribution in [-0.4, -0.2) is 118 Å². The summed E-state index contributed by atoms with van der Waals surface area (Å²) in [6, 6.07) is 14.4. The van der Waals surface area contributed by atoms with Crippen LogP contribution < -0.4 is 11.1 Å². The Labute approximate surface area is 359 Å². The standard InChI is InChI=1S/C45H56N2O15/c1-23-27(58-39(54)34(59-30(50)21-46)32(25-15-11-9-12-16-25)47-40(55)62-41(3,4)5)20-45(56)37(60-38(53)26-17-13-10-14-18-26)35-43(8,36(52)33(51)31(23)42(45,6)7)28(49)19-29-44(35,22-57-29)61-24(2)48/h9-18,27-29,32-35,37,49,51,56H,19-22,46H2,1-8H3,(H,47,55)/t27-,28-,29+,32-,33?,34+,35?,37-,43+,44-,45+/m0/s1. The number of nitrogens with one attached hydrogen (secondary N) is 1. The van der Waals surface area contributed by atoms with Crippen LogP contribution in [0, 0.1) is 16.7 Å². The molecule has 2 aromatic carbocycles. The van der Waals surface area contributed by atoms with Crippen molar-refractivity contribution in [1.29, 1.82) is 0 Å². The lowest BCUT2D eigenvalue weighted by Crippen LogP contribution is -2.81. The van der Waals surface area contributed by atoms with Gasteiger partial charge < -0.3 is 54.8 Å². The summed E-state index contributed by atoms with van der Waals surface area (Å²) in [4.78, 5) is 83.0. The molecule has 0 spiro atoms. The number of rotatable bonds is 10. The average Bonchev–Trinajstić information content (AvgIpc) is 3.20.